The molecule has 0 amide bonds. The predicted octanol–water partition coefficient (Wildman–Crippen LogP) is 2.40. The van der Waals surface area contributed by atoms with E-state index < -0.39 is 0 Å². The lowest BCUT2D eigenvalue weighted by Gasteiger charge is -2.47. The van der Waals surface area contributed by atoms with Crippen molar-refractivity contribution < 1.29 is 4.79 Å². The third-order valence-corrected chi connectivity index (χ3v) is 5.54. The maximum Gasteiger partial charge on any atom is 0.139 e. The number of rotatable bonds is 0. The quantitative estimate of drug-likeness (QED) is 0.537. The molecule has 3 saturated carbocycles. The van der Waals surface area contributed by atoms with Crippen LogP contribution in [0, 0.1) is 22.2 Å². The van der Waals surface area contributed by atoms with Crippen LogP contribution < -0.4 is 0 Å². The summed E-state index contributed by atoms with van der Waals surface area (Å²) in [6.07, 6.45) is 3.35. The molecular formula is C11H16O. The van der Waals surface area contributed by atoms with Gasteiger partial charge >= 0.3 is 0 Å². The number of ketones is 1. The van der Waals surface area contributed by atoms with Gasteiger partial charge in [0.1, 0.15) is 5.78 Å². The average molecular weight is 164 g/mol. The molecule has 1 spiro atoms. The molecule has 0 bridgehead atoms. The minimum absolute atomic E-state index is 0.0984. The highest BCUT2D eigenvalue weighted by molar-refractivity contribution is 5.92. The van der Waals surface area contributed by atoms with Crippen molar-refractivity contribution in [3.63, 3.8) is 0 Å². The Morgan fingerprint density at radius 2 is 1.92 bits per heavy atom. The van der Waals surface area contributed by atoms with Crippen LogP contribution >= 0.6 is 0 Å². The van der Waals surface area contributed by atoms with Crippen LogP contribution in [0.5, 0.6) is 0 Å². The third-order valence-electron chi connectivity index (χ3n) is 5.54. The summed E-state index contributed by atoms with van der Waals surface area (Å²) in [5.74, 6) is 1.29. The zero-order chi connectivity index (χ0) is 8.78. The van der Waals surface area contributed by atoms with Gasteiger partial charge in [-0.15, -0.1) is 0 Å². The van der Waals surface area contributed by atoms with E-state index in [0.717, 1.165) is 18.8 Å². The summed E-state index contributed by atoms with van der Waals surface area (Å²) < 4.78 is 0. The average Bonchev–Trinajstić information content (AvgIpc) is 2.41. The van der Waals surface area contributed by atoms with Gasteiger partial charge in [0.2, 0.25) is 0 Å². The highest BCUT2D eigenvalue weighted by atomic mass is 16.1. The van der Waals surface area contributed by atoms with Crippen LogP contribution in [-0.2, 0) is 4.79 Å². The van der Waals surface area contributed by atoms with E-state index in [4.69, 9.17) is 0 Å². The van der Waals surface area contributed by atoms with E-state index in [1.165, 1.54) is 6.42 Å². The Kier molecular flexibility index (Phi) is 0.831. The van der Waals surface area contributed by atoms with Crippen molar-refractivity contribution in [2.45, 2.75) is 40.0 Å². The first kappa shape index (κ1) is 7.11. The second-order valence-electron chi connectivity index (χ2n) is 5.71. The van der Waals surface area contributed by atoms with Gasteiger partial charge in [-0.25, -0.2) is 0 Å². The van der Waals surface area contributed by atoms with Crippen molar-refractivity contribution in [3.8, 4) is 0 Å². The molecule has 0 aromatic heterocycles. The molecule has 3 aliphatic carbocycles. The van der Waals surface area contributed by atoms with Crippen LogP contribution in [0.15, 0.2) is 0 Å². The molecule has 3 rings (SSSR count). The van der Waals surface area contributed by atoms with Crippen LogP contribution in [0.25, 0.3) is 0 Å². The molecule has 1 heteroatoms. The van der Waals surface area contributed by atoms with Crippen LogP contribution in [-0.4, -0.2) is 5.78 Å². The maximum absolute atomic E-state index is 11.7. The summed E-state index contributed by atoms with van der Waals surface area (Å²) in [6.45, 7) is 6.90. The van der Waals surface area contributed by atoms with Gasteiger partial charge in [0.05, 0.1) is 0 Å². The molecule has 12 heavy (non-hydrogen) atoms. The van der Waals surface area contributed by atoms with Crippen molar-refractivity contribution in [2.75, 3.05) is 0 Å². The summed E-state index contributed by atoms with van der Waals surface area (Å²) >= 11 is 0. The second kappa shape index (κ2) is 1.40. The van der Waals surface area contributed by atoms with E-state index in [0.29, 0.717) is 16.6 Å². The Morgan fingerprint density at radius 3 is 2.25 bits per heavy atom. The van der Waals surface area contributed by atoms with Gasteiger partial charge in [0, 0.05) is 11.8 Å². The molecule has 66 valence electrons. The monoisotopic (exact) mass is 164 g/mol. The minimum atomic E-state index is 0.0984. The molecule has 2 unspecified atom stereocenters. The number of hydrogen-bond donors (Lipinski definition) is 0. The lowest BCUT2D eigenvalue weighted by molar-refractivity contribution is -0.137. The SMILES string of the molecule is CC1(C)C2CC(=O)[C@]3(C)CCC213. The molecular weight excluding hydrogens is 148 g/mol. The lowest BCUT2D eigenvalue weighted by atomic mass is 9.55. The highest BCUT2D eigenvalue weighted by Gasteiger charge is 2.86. The van der Waals surface area contributed by atoms with E-state index in [9.17, 15) is 4.79 Å². The fraction of sp³-hybridized carbons (Fsp3) is 0.909. The topological polar surface area (TPSA) is 17.1 Å². The first-order valence-electron chi connectivity index (χ1n) is 5.00. The van der Waals surface area contributed by atoms with Crippen molar-refractivity contribution in [1.29, 1.82) is 0 Å². The van der Waals surface area contributed by atoms with Crippen molar-refractivity contribution in [3.05, 3.63) is 0 Å². The first-order valence-corrected chi connectivity index (χ1v) is 5.00. The highest BCUT2D eigenvalue weighted by Crippen LogP contribution is 2.89. The second-order valence-corrected chi connectivity index (χ2v) is 5.71. The molecule has 3 fully saturated rings. The maximum atomic E-state index is 11.7. The molecule has 0 N–H and O–H groups in total. The molecule has 0 radical (unpaired) electrons. The van der Waals surface area contributed by atoms with Crippen molar-refractivity contribution in [1.82, 2.24) is 0 Å². The summed E-state index contributed by atoms with van der Waals surface area (Å²) in [6, 6.07) is 0. The normalized spacial score (nSPS) is 58.9. The Hall–Kier alpha value is -0.330. The summed E-state index contributed by atoms with van der Waals surface area (Å²) in [5, 5.41) is 0. The molecule has 0 heterocycles. The van der Waals surface area contributed by atoms with Gasteiger partial charge in [0.15, 0.2) is 0 Å². The number of hydrogen-bond acceptors (Lipinski definition) is 1. The molecule has 3 aliphatic rings. The number of Topliss-reactive ketones (excluding diaryl/α,β-unsaturated/α-hetero) is 1. The first-order chi connectivity index (χ1) is 5.47. The largest absolute Gasteiger partial charge is 0.299 e. The third kappa shape index (κ3) is 0.364. The molecule has 0 aliphatic heterocycles. The van der Waals surface area contributed by atoms with Crippen molar-refractivity contribution >= 4 is 5.78 Å². The van der Waals surface area contributed by atoms with Crippen LogP contribution in [0.2, 0.25) is 0 Å². The van der Waals surface area contributed by atoms with Gasteiger partial charge in [0.25, 0.3) is 0 Å². The zero-order valence-corrected chi connectivity index (χ0v) is 8.11. The summed E-state index contributed by atoms with van der Waals surface area (Å²) in [7, 11) is 0. The summed E-state index contributed by atoms with van der Waals surface area (Å²) in [5.41, 5.74) is 1.03. The smallest absolute Gasteiger partial charge is 0.139 e. The molecule has 0 saturated heterocycles. The Labute approximate surface area is 73.5 Å². The van der Waals surface area contributed by atoms with Gasteiger partial charge in [-0.2, -0.15) is 0 Å². The predicted molar refractivity (Wildman–Crippen MR) is 46.7 cm³/mol. The van der Waals surface area contributed by atoms with Crippen LogP contribution in [0.4, 0.5) is 0 Å². The molecule has 0 aromatic carbocycles. The fourth-order valence-corrected chi connectivity index (χ4v) is 4.56. The Morgan fingerprint density at radius 1 is 1.25 bits per heavy atom. The Balaban J connectivity index is 2.12. The molecule has 1 nitrogen and oxygen atoms in total. The van der Waals surface area contributed by atoms with E-state index >= 15 is 0 Å². The zero-order valence-electron chi connectivity index (χ0n) is 8.11. The standard InChI is InChI=1S/C11H16O/c1-9(2)7-6-8(12)10(3)4-5-11(7,9)10/h7H,4-6H2,1-3H3/t7?,10-,11?/m0/s1. The minimum Gasteiger partial charge on any atom is -0.299 e. The van der Waals surface area contributed by atoms with Crippen molar-refractivity contribution in [2.24, 2.45) is 22.2 Å². The summed E-state index contributed by atoms with van der Waals surface area (Å²) in [4.78, 5) is 11.7. The van der Waals surface area contributed by atoms with Gasteiger partial charge < -0.3 is 0 Å². The molecule has 0 aromatic rings. The van der Waals surface area contributed by atoms with E-state index in [-0.39, 0.29) is 5.41 Å². The van der Waals surface area contributed by atoms with Crippen LogP contribution in [0.3, 0.4) is 0 Å². The van der Waals surface area contributed by atoms with Crippen LogP contribution in [0.1, 0.15) is 40.0 Å². The molecule has 3 atom stereocenters. The Bertz CT molecular complexity index is 291. The lowest BCUT2D eigenvalue weighted by Crippen LogP contribution is -2.45. The van der Waals surface area contributed by atoms with E-state index in [1.807, 2.05) is 0 Å². The van der Waals surface area contributed by atoms with E-state index in [1.54, 1.807) is 0 Å². The fourth-order valence-electron chi connectivity index (χ4n) is 4.56. The number of carbonyl (C=O) groups excluding carboxylic acids is 1. The van der Waals surface area contributed by atoms with Gasteiger partial charge in [-0.05, 0) is 29.6 Å². The number of carbonyl (C=O) groups is 1. The van der Waals surface area contributed by atoms with E-state index in [2.05, 4.69) is 20.8 Å². The van der Waals surface area contributed by atoms with Gasteiger partial charge in [-0.1, -0.05) is 20.8 Å². The van der Waals surface area contributed by atoms with Gasteiger partial charge in [-0.3, -0.25) is 4.79 Å².